The van der Waals surface area contributed by atoms with Gasteiger partial charge in [-0.05, 0) is 95.6 Å². The molecule has 1 fully saturated rings. The molecule has 1 aromatic carbocycles. The zero-order chi connectivity index (χ0) is 43.9. The quantitative estimate of drug-likeness (QED) is 0.132. The molecule has 2 bridgehead atoms. The van der Waals surface area contributed by atoms with E-state index < -0.39 is 77.4 Å². The fourth-order valence-electron chi connectivity index (χ4n) is 6.51. The number of aliphatic hydroxyl groups excluding tert-OH is 1. The van der Waals surface area contributed by atoms with Crippen molar-refractivity contribution >= 4 is 35.4 Å². The zero-order valence-corrected chi connectivity index (χ0v) is 35.5. The minimum Gasteiger partial charge on any atom is -0.508 e. The number of ether oxygens (including phenoxy) is 2. The number of Topliss-reactive ketones (excluding diaryl/α,β-unsaturated/α-hetero) is 1. The molecule has 0 aromatic heterocycles. The second-order valence-corrected chi connectivity index (χ2v) is 16.5. The second-order valence-electron chi connectivity index (χ2n) is 16.5. The Morgan fingerprint density at radius 1 is 1.05 bits per heavy atom. The Morgan fingerprint density at radius 3 is 2.44 bits per heavy atom. The zero-order valence-electron chi connectivity index (χ0n) is 35.5. The molecule has 1 saturated heterocycles. The fraction of sp³-hybridized carbons (Fsp3) is 0.511. The highest BCUT2D eigenvalue weighted by Crippen LogP contribution is 2.22. The number of esters is 2. The molecule has 322 valence electrons. The van der Waals surface area contributed by atoms with Crippen molar-refractivity contribution in [3.05, 3.63) is 89.6 Å². The van der Waals surface area contributed by atoms with Crippen LogP contribution in [0.1, 0.15) is 93.1 Å². The Balaban J connectivity index is 2.06. The molecule has 6 atom stereocenters. The van der Waals surface area contributed by atoms with E-state index in [0.717, 1.165) is 0 Å². The number of hydrogen-bond acceptors (Lipinski definition) is 11. The van der Waals surface area contributed by atoms with Gasteiger partial charge in [-0.2, -0.15) is 0 Å². The van der Waals surface area contributed by atoms with Crippen LogP contribution in [0.2, 0.25) is 0 Å². The number of nitrogens with one attached hydrogen (secondary N) is 3. The van der Waals surface area contributed by atoms with Crippen molar-refractivity contribution in [1.29, 1.82) is 0 Å². The molecule has 3 amide bonds. The van der Waals surface area contributed by atoms with Gasteiger partial charge in [-0.25, -0.2) is 10.2 Å². The lowest BCUT2D eigenvalue weighted by molar-refractivity contribution is -0.156. The molecule has 5 N–H and O–H groups in total. The Bertz CT molecular complexity index is 1820. The molecule has 2 aliphatic heterocycles. The smallest absolute Gasteiger partial charge is 0.331 e. The number of phenolic OH excluding ortho intramolecular Hbond substituents is 1. The van der Waals surface area contributed by atoms with Crippen molar-refractivity contribution < 1.29 is 48.5 Å². The highest BCUT2D eigenvalue weighted by atomic mass is 16.6. The number of hydrazine groups is 1. The molecule has 1 aromatic rings. The summed E-state index contributed by atoms with van der Waals surface area (Å²) < 4.78 is 11.4. The standard InChI is InChI=1S/C45H62N4O10/c1-28(2)39-42(55)46-36(27-32-18-14-19-33(51)26-32)43(56)49-25-15-20-35(48-49)44(57)58-37(29(3)17-13-22-38(52)59-45(6,7)8)21-12-10-9-11-16-30(4)40(53)34(41(54)47-39)24-23-31(5)50/h9-14,16-19,22,26,28,34-37,39-40,48,51,53H,15,20-21,23-25,27H2,1-8H3,(H,46,55)(H,47,54)/b11-9+,12-10+,22-13+,29-17+,30-16+/t34-,35?,36+,37+,39+,40-/m1/s1. The van der Waals surface area contributed by atoms with Gasteiger partial charge in [0.2, 0.25) is 11.8 Å². The van der Waals surface area contributed by atoms with Crippen LogP contribution in [0.15, 0.2) is 84.0 Å². The van der Waals surface area contributed by atoms with Gasteiger partial charge in [-0.3, -0.25) is 24.2 Å². The van der Waals surface area contributed by atoms with Crippen molar-refractivity contribution in [2.75, 3.05) is 6.54 Å². The van der Waals surface area contributed by atoms with E-state index in [1.54, 1.807) is 97.1 Å². The predicted octanol–water partition coefficient (Wildman–Crippen LogP) is 4.62. The van der Waals surface area contributed by atoms with Crippen LogP contribution in [0, 0.1) is 11.8 Å². The maximum atomic E-state index is 14.3. The first-order valence-electron chi connectivity index (χ1n) is 20.2. The molecular weight excluding hydrogens is 757 g/mol. The van der Waals surface area contributed by atoms with Gasteiger partial charge in [-0.1, -0.05) is 68.5 Å². The van der Waals surface area contributed by atoms with E-state index >= 15 is 0 Å². The summed E-state index contributed by atoms with van der Waals surface area (Å²) >= 11 is 0. The number of rotatable bonds is 9. The third kappa shape index (κ3) is 16.1. The number of ketones is 1. The van der Waals surface area contributed by atoms with E-state index in [9.17, 15) is 39.0 Å². The number of aromatic hydroxyl groups is 1. The molecule has 3 rings (SSSR count). The van der Waals surface area contributed by atoms with Crippen LogP contribution in [0.25, 0.3) is 0 Å². The van der Waals surface area contributed by atoms with Gasteiger partial charge in [0.05, 0.1) is 12.0 Å². The third-order valence-electron chi connectivity index (χ3n) is 9.77. The number of hydrogen-bond donors (Lipinski definition) is 5. The lowest BCUT2D eigenvalue weighted by atomic mass is 9.89. The molecule has 0 spiro atoms. The predicted molar refractivity (Wildman–Crippen MR) is 223 cm³/mol. The van der Waals surface area contributed by atoms with E-state index in [1.807, 2.05) is 0 Å². The Morgan fingerprint density at radius 2 is 1.78 bits per heavy atom. The average molecular weight is 819 g/mol. The number of amides is 3. The van der Waals surface area contributed by atoms with Crippen LogP contribution in [0.5, 0.6) is 5.75 Å². The minimum absolute atomic E-state index is 0.0280. The molecular formula is C45H62N4O10. The SMILES string of the molecule is CC(=O)CC[C@H]1C(=O)N[C@@H](C(C)C)C(=O)N[C@@H](Cc2cccc(O)c2)C(=O)N2CCCC(N2)C(=O)O[C@H](/C(C)=C/C=C/C(=O)OC(C)(C)C)C/C=C/C=C/C=C(\C)[C@H]1O. The third-order valence-corrected chi connectivity index (χ3v) is 9.77. The van der Waals surface area contributed by atoms with Gasteiger partial charge in [0.15, 0.2) is 0 Å². The molecule has 1 unspecified atom stereocenters. The molecule has 0 aliphatic carbocycles. The summed E-state index contributed by atoms with van der Waals surface area (Å²) in [4.78, 5) is 80.3. The minimum atomic E-state index is -1.29. The Labute approximate surface area is 347 Å². The lowest BCUT2D eigenvalue weighted by Gasteiger charge is -2.36. The molecule has 14 nitrogen and oxygen atoms in total. The van der Waals surface area contributed by atoms with Gasteiger partial charge < -0.3 is 35.1 Å². The summed E-state index contributed by atoms with van der Waals surface area (Å²) in [6.07, 6.45) is 12.1. The molecule has 59 heavy (non-hydrogen) atoms. The van der Waals surface area contributed by atoms with Crippen molar-refractivity contribution in [3.8, 4) is 5.75 Å². The summed E-state index contributed by atoms with van der Waals surface area (Å²) in [7, 11) is 0. The number of phenols is 1. The fourth-order valence-corrected chi connectivity index (χ4v) is 6.51. The summed E-state index contributed by atoms with van der Waals surface area (Å²) in [6, 6.07) is 3.04. The van der Waals surface area contributed by atoms with Gasteiger partial charge in [0.25, 0.3) is 5.91 Å². The normalized spacial score (nSPS) is 26.7. The molecule has 14 heteroatoms. The second kappa shape index (κ2) is 22.7. The van der Waals surface area contributed by atoms with E-state index in [-0.39, 0.29) is 43.8 Å². The van der Waals surface area contributed by atoms with Gasteiger partial charge in [0, 0.05) is 31.9 Å². The largest absolute Gasteiger partial charge is 0.508 e. The van der Waals surface area contributed by atoms with E-state index in [1.165, 1.54) is 36.2 Å². The number of nitrogens with zero attached hydrogens (tertiary/aromatic N) is 1. The Kier molecular flexibility index (Phi) is 18.5. The molecule has 2 aliphatic rings. The van der Waals surface area contributed by atoms with Crippen LogP contribution in [0.4, 0.5) is 0 Å². The van der Waals surface area contributed by atoms with Crippen LogP contribution in [-0.4, -0.2) is 93.1 Å². The topological polar surface area (TPSA) is 201 Å². The summed E-state index contributed by atoms with van der Waals surface area (Å²) in [6.45, 7) is 13.8. The van der Waals surface area contributed by atoms with Crippen LogP contribution < -0.4 is 16.1 Å². The van der Waals surface area contributed by atoms with Gasteiger partial charge in [-0.15, -0.1) is 0 Å². The van der Waals surface area contributed by atoms with E-state index in [4.69, 9.17) is 9.47 Å². The monoisotopic (exact) mass is 818 g/mol. The van der Waals surface area contributed by atoms with Crippen molar-refractivity contribution in [1.82, 2.24) is 21.1 Å². The number of benzene rings is 1. The first-order chi connectivity index (χ1) is 27.7. The van der Waals surface area contributed by atoms with Gasteiger partial charge in [0.1, 0.15) is 41.4 Å². The first-order valence-corrected chi connectivity index (χ1v) is 20.2. The van der Waals surface area contributed by atoms with Gasteiger partial charge >= 0.3 is 11.9 Å². The van der Waals surface area contributed by atoms with Crippen LogP contribution >= 0.6 is 0 Å². The van der Waals surface area contributed by atoms with Crippen molar-refractivity contribution in [3.63, 3.8) is 0 Å². The van der Waals surface area contributed by atoms with Crippen molar-refractivity contribution in [2.24, 2.45) is 11.8 Å². The first kappa shape index (κ1) is 48.0. The van der Waals surface area contributed by atoms with Crippen LogP contribution in [0.3, 0.4) is 0 Å². The number of allylic oxidation sites excluding steroid dienone is 6. The average Bonchev–Trinajstić information content (AvgIpc) is 3.15. The van der Waals surface area contributed by atoms with Crippen LogP contribution in [-0.2, 0) is 44.7 Å². The maximum Gasteiger partial charge on any atom is 0.331 e. The number of aliphatic hydroxyl groups is 1. The summed E-state index contributed by atoms with van der Waals surface area (Å²) in [5.41, 5.74) is 3.96. The molecule has 0 radical (unpaired) electrons. The van der Waals surface area contributed by atoms with Crippen molar-refractivity contribution in [2.45, 2.75) is 130 Å². The highest BCUT2D eigenvalue weighted by molar-refractivity contribution is 5.93. The number of fused-ring (bicyclic) bond motifs is 2. The number of carbonyl (C=O) groups excluding carboxylic acids is 6. The number of cyclic esters (lactones) is 1. The Hall–Kier alpha value is -5.34. The molecule has 0 saturated carbocycles. The summed E-state index contributed by atoms with van der Waals surface area (Å²) in [5, 5.41) is 28.5. The van der Waals surface area contributed by atoms with E-state index in [0.29, 0.717) is 29.6 Å². The van der Waals surface area contributed by atoms with E-state index in [2.05, 4.69) is 16.1 Å². The maximum absolute atomic E-state index is 14.3. The number of carbonyl (C=O) groups is 6. The summed E-state index contributed by atoms with van der Waals surface area (Å²) in [5.74, 6) is -4.70. The lowest BCUT2D eigenvalue weighted by Crippen LogP contribution is -2.62. The molecule has 2 heterocycles. The highest BCUT2D eigenvalue weighted by Gasteiger charge is 2.37.